The molecule has 0 saturated carbocycles. The fraction of sp³-hybridized carbons (Fsp3) is 0.318. The number of carbonyl (C=O) groups is 3. The number of hydrogen-bond acceptors (Lipinski definition) is 4. The van der Waals surface area contributed by atoms with Crippen molar-refractivity contribution in [2.24, 2.45) is 0 Å². The SMILES string of the molecule is O=C(CCCN1C(=O)c2ccccc2C1=O)N1CCN(c2cccc(Cl)c2)CC1. The van der Waals surface area contributed by atoms with Gasteiger partial charge < -0.3 is 9.80 Å². The average molecular weight is 412 g/mol. The van der Waals surface area contributed by atoms with Crippen LogP contribution in [0.3, 0.4) is 0 Å². The monoisotopic (exact) mass is 411 g/mol. The number of nitrogens with zero attached hydrogens (tertiary/aromatic N) is 3. The quantitative estimate of drug-likeness (QED) is 0.709. The zero-order chi connectivity index (χ0) is 20.4. The summed E-state index contributed by atoms with van der Waals surface area (Å²) in [6.07, 6.45) is 0.795. The summed E-state index contributed by atoms with van der Waals surface area (Å²) >= 11 is 6.06. The van der Waals surface area contributed by atoms with Crippen LogP contribution in [0, 0.1) is 0 Å². The molecule has 0 spiro atoms. The number of rotatable bonds is 5. The zero-order valence-electron chi connectivity index (χ0n) is 16.0. The third-order valence-electron chi connectivity index (χ3n) is 5.46. The minimum Gasteiger partial charge on any atom is -0.368 e. The van der Waals surface area contributed by atoms with Crippen molar-refractivity contribution in [2.45, 2.75) is 12.8 Å². The molecular formula is C22H22ClN3O3. The molecule has 7 heteroatoms. The molecule has 0 atom stereocenters. The van der Waals surface area contributed by atoms with Crippen molar-refractivity contribution in [1.29, 1.82) is 0 Å². The second-order valence-electron chi connectivity index (χ2n) is 7.26. The van der Waals surface area contributed by atoms with E-state index in [1.165, 1.54) is 4.90 Å². The van der Waals surface area contributed by atoms with Gasteiger partial charge in [-0.25, -0.2) is 0 Å². The first-order valence-electron chi connectivity index (χ1n) is 9.78. The van der Waals surface area contributed by atoms with Gasteiger partial charge in [0.2, 0.25) is 5.91 Å². The highest BCUT2D eigenvalue weighted by atomic mass is 35.5. The van der Waals surface area contributed by atoms with Crippen LogP contribution in [-0.2, 0) is 4.79 Å². The van der Waals surface area contributed by atoms with Crippen LogP contribution in [0.2, 0.25) is 5.02 Å². The van der Waals surface area contributed by atoms with Gasteiger partial charge in [-0.1, -0.05) is 29.8 Å². The van der Waals surface area contributed by atoms with Crippen molar-refractivity contribution in [1.82, 2.24) is 9.80 Å². The number of carbonyl (C=O) groups excluding carboxylic acids is 3. The summed E-state index contributed by atoms with van der Waals surface area (Å²) in [6.45, 7) is 3.08. The molecule has 2 aromatic rings. The van der Waals surface area contributed by atoms with Crippen molar-refractivity contribution in [3.05, 3.63) is 64.7 Å². The second kappa shape index (κ2) is 8.25. The molecule has 0 radical (unpaired) electrons. The highest BCUT2D eigenvalue weighted by Gasteiger charge is 2.34. The van der Waals surface area contributed by atoms with E-state index < -0.39 is 0 Å². The number of hydrogen-bond donors (Lipinski definition) is 0. The van der Waals surface area contributed by atoms with E-state index in [1.54, 1.807) is 24.3 Å². The van der Waals surface area contributed by atoms with Crippen molar-refractivity contribution in [2.75, 3.05) is 37.6 Å². The number of halogens is 1. The molecule has 1 saturated heterocycles. The molecule has 1 fully saturated rings. The zero-order valence-corrected chi connectivity index (χ0v) is 16.8. The molecule has 2 aromatic carbocycles. The molecular weight excluding hydrogens is 390 g/mol. The lowest BCUT2D eigenvalue weighted by Crippen LogP contribution is -2.48. The summed E-state index contributed by atoms with van der Waals surface area (Å²) in [7, 11) is 0. The molecule has 2 heterocycles. The van der Waals surface area contributed by atoms with Gasteiger partial charge in [0, 0.05) is 49.9 Å². The van der Waals surface area contributed by atoms with Crippen LogP contribution in [0.5, 0.6) is 0 Å². The molecule has 2 aliphatic rings. The Morgan fingerprint density at radius 1 is 0.897 bits per heavy atom. The van der Waals surface area contributed by atoms with Crippen LogP contribution >= 0.6 is 11.6 Å². The molecule has 0 N–H and O–H groups in total. The van der Waals surface area contributed by atoms with E-state index in [4.69, 9.17) is 11.6 Å². The highest BCUT2D eigenvalue weighted by molar-refractivity contribution is 6.30. The maximum absolute atomic E-state index is 12.5. The van der Waals surface area contributed by atoms with Gasteiger partial charge in [0.1, 0.15) is 0 Å². The Morgan fingerprint density at radius 3 is 2.17 bits per heavy atom. The first-order valence-corrected chi connectivity index (χ1v) is 10.2. The lowest BCUT2D eigenvalue weighted by atomic mass is 10.1. The Labute approximate surface area is 174 Å². The molecule has 3 amide bonds. The Balaban J connectivity index is 1.25. The lowest BCUT2D eigenvalue weighted by Gasteiger charge is -2.36. The second-order valence-corrected chi connectivity index (χ2v) is 7.70. The molecule has 29 heavy (non-hydrogen) atoms. The fourth-order valence-electron chi connectivity index (χ4n) is 3.88. The van der Waals surface area contributed by atoms with E-state index in [9.17, 15) is 14.4 Å². The first kappa shape index (κ1) is 19.5. The Kier molecular flexibility index (Phi) is 5.53. The van der Waals surface area contributed by atoms with E-state index in [0.29, 0.717) is 42.1 Å². The molecule has 0 unspecified atom stereocenters. The number of piperazine rings is 1. The van der Waals surface area contributed by atoms with Crippen molar-refractivity contribution >= 4 is 35.0 Å². The van der Waals surface area contributed by atoms with Gasteiger partial charge in [0.25, 0.3) is 11.8 Å². The molecule has 0 aliphatic carbocycles. The normalized spacial score (nSPS) is 16.4. The molecule has 0 aromatic heterocycles. The van der Waals surface area contributed by atoms with E-state index in [2.05, 4.69) is 4.90 Å². The molecule has 150 valence electrons. The molecule has 2 aliphatic heterocycles. The summed E-state index contributed by atoms with van der Waals surface area (Å²) in [4.78, 5) is 42.6. The minimum atomic E-state index is -0.270. The first-order chi connectivity index (χ1) is 14.0. The van der Waals surface area contributed by atoms with Crippen molar-refractivity contribution in [3.63, 3.8) is 0 Å². The Morgan fingerprint density at radius 2 is 1.55 bits per heavy atom. The number of anilines is 1. The average Bonchev–Trinajstić information content (AvgIpc) is 2.99. The summed E-state index contributed by atoms with van der Waals surface area (Å²) in [5.74, 6) is -0.478. The third kappa shape index (κ3) is 3.98. The van der Waals surface area contributed by atoms with E-state index >= 15 is 0 Å². The van der Waals surface area contributed by atoms with Crippen LogP contribution in [0.4, 0.5) is 5.69 Å². The fourth-order valence-corrected chi connectivity index (χ4v) is 4.06. The summed E-state index contributed by atoms with van der Waals surface area (Å²) in [5.41, 5.74) is 1.96. The van der Waals surface area contributed by atoms with Crippen LogP contribution in [0.15, 0.2) is 48.5 Å². The van der Waals surface area contributed by atoms with Crippen molar-refractivity contribution < 1.29 is 14.4 Å². The number of fused-ring (bicyclic) bond motifs is 1. The number of imide groups is 1. The Bertz CT molecular complexity index is 919. The summed E-state index contributed by atoms with van der Waals surface area (Å²) in [5, 5.41) is 0.703. The third-order valence-corrected chi connectivity index (χ3v) is 5.69. The van der Waals surface area contributed by atoms with Crippen LogP contribution in [0.1, 0.15) is 33.6 Å². The molecule has 0 bridgehead atoms. The van der Waals surface area contributed by atoms with Gasteiger partial charge in [0.05, 0.1) is 11.1 Å². The van der Waals surface area contributed by atoms with E-state index in [1.807, 2.05) is 29.2 Å². The molecule has 6 nitrogen and oxygen atoms in total. The van der Waals surface area contributed by atoms with Gasteiger partial charge in [-0.05, 0) is 36.8 Å². The van der Waals surface area contributed by atoms with Crippen LogP contribution in [0.25, 0.3) is 0 Å². The van der Waals surface area contributed by atoms with Gasteiger partial charge in [-0.3, -0.25) is 19.3 Å². The smallest absolute Gasteiger partial charge is 0.261 e. The number of amides is 3. The van der Waals surface area contributed by atoms with Gasteiger partial charge in [0.15, 0.2) is 0 Å². The largest absolute Gasteiger partial charge is 0.368 e. The van der Waals surface area contributed by atoms with E-state index in [-0.39, 0.29) is 24.3 Å². The Hall–Kier alpha value is -2.86. The predicted octanol–water partition coefficient (Wildman–Crippen LogP) is 3.07. The number of benzene rings is 2. The maximum atomic E-state index is 12.5. The molecule has 4 rings (SSSR count). The maximum Gasteiger partial charge on any atom is 0.261 e. The minimum absolute atomic E-state index is 0.0624. The standard InChI is InChI=1S/C22H22ClN3O3/c23-16-5-3-6-17(15-16)24-11-13-25(14-12-24)20(27)9-4-10-26-21(28)18-7-1-2-8-19(18)22(26)29/h1-3,5-8,15H,4,9-14H2. The van der Waals surface area contributed by atoms with Gasteiger partial charge in [-0.2, -0.15) is 0 Å². The summed E-state index contributed by atoms with van der Waals surface area (Å²) in [6, 6.07) is 14.6. The van der Waals surface area contributed by atoms with Crippen LogP contribution < -0.4 is 4.90 Å². The van der Waals surface area contributed by atoms with Gasteiger partial charge >= 0.3 is 0 Å². The van der Waals surface area contributed by atoms with Crippen LogP contribution in [-0.4, -0.2) is 60.2 Å². The lowest BCUT2D eigenvalue weighted by molar-refractivity contribution is -0.131. The predicted molar refractivity (Wildman–Crippen MR) is 111 cm³/mol. The van der Waals surface area contributed by atoms with Crippen molar-refractivity contribution in [3.8, 4) is 0 Å². The van der Waals surface area contributed by atoms with E-state index in [0.717, 1.165) is 18.8 Å². The highest BCUT2D eigenvalue weighted by Crippen LogP contribution is 2.23. The van der Waals surface area contributed by atoms with Gasteiger partial charge in [-0.15, -0.1) is 0 Å². The summed E-state index contributed by atoms with van der Waals surface area (Å²) < 4.78 is 0. The topological polar surface area (TPSA) is 60.9 Å².